The van der Waals surface area contributed by atoms with E-state index in [9.17, 15) is 18.0 Å². The van der Waals surface area contributed by atoms with Gasteiger partial charge < -0.3 is 5.11 Å². The first kappa shape index (κ1) is 21.1. The van der Waals surface area contributed by atoms with Crippen molar-refractivity contribution in [2.45, 2.75) is 43.1 Å². The molecule has 0 saturated heterocycles. The van der Waals surface area contributed by atoms with Crippen LogP contribution in [0.4, 0.5) is 13.2 Å². The van der Waals surface area contributed by atoms with Crippen LogP contribution in [0.15, 0.2) is 35.4 Å². The highest BCUT2D eigenvalue weighted by atomic mass is 32.2. The van der Waals surface area contributed by atoms with Crippen LogP contribution in [0.2, 0.25) is 0 Å². The largest absolute Gasteiger partial charge is 0.478 e. The molecule has 0 radical (unpaired) electrons. The summed E-state index contributed by atoms with van der Waals surface area (Å²) in [6.45, 7) is 6.31. The Balaban J connectivity index is 2.30. The van der Waals surface area contributed by atoms with Crippen molar-refractivity contribution >= 4 is 23.8 Å². The smallest absolute Gasteiger partial charge is 0.435 e. The molecular formula is C19H21F3N2O2S. The lowest BCUT2D eigenvalue weighted by Gasteiger charge is -2.19. The van der Waals surface area contributed by atoms with Crippen molar-refractivity contribution in [1.82, 2.24) is 9.78 Å². The Labute approximate surface area is 160 Å². The minimum absolute atomic E-state index is 0.0180. The summed E-state index contributed by atoms with van der Waals surface area (Å²) in [5, 5.41) is 12.6. The van der Waals surface area contributed by atoms with E-state index in [4.69, 9.17) is 5.11 Å². The number of halogens is 3. The SMILES string of the molecule is Cn1nc(C(F)(F)F)c(/C=C/C(=O)O)c1SCc1ccc(C(C)(C)C)cc1. The van der Waals surface area contributed by atoms with Gasteiger partial charge >= 0.3 is 12.1 Å². The molecule has 0 spiro atoms. The predicted octanol–water partition coefficient (Wildman–Crippen LogP) is 5.13. The second-order valence-corrected chi connectivity index (χ2v) is 8.06. The van der Waals surface area contributed by atoms with Crippen LogP contribution in [-0.2, 0) is 29.2 Å². The molecule has 0 amide bonds. The lowest BCUT2D eigenvalue weighted by molar-refractivity contribution is -0.141. The third kappa shape index (κ3) is 5.38. The third-order valence-electron chi connectivity index (χ3n) is 3.89. The molecule has 27 heavy (non-hydrogen) atoms. The number of aliphatic carboxylic acids is 1. The molecular weight excluding hydrogens is 377 g/mol. The number of benzene rings is 1. The summed E-state index contributed by atoms with van der Waals surface area (Å²) >= 11 is 1.19. The minimum Gasteiger partial charge on any atom is -0.478 e. The number of carbonyl (C=O) groups is 1. The molecule has 1 N–H and O–H groups in total. The standard InChI is InChI=1S/C19H21F3N2O2S/c1-18(2,3)13-7-5-12(6-8-13)11-27-17-14(9-10-15(25)26)16(19(20,21)22)23-24(17)4/h5-10H,11H2,1-4H3,(H,25,26)/b10-9+. The number of alkyl halides is 3. The van der Waals surface area contributed by atoms with Crippen molar-refractivity contribution in [2.75, 3.05) is 0 Å². The highest BCUT2D eigenvalue weighted by molar-refractivity contribution is 7.98. The van der Waals surface area contributed by atoms with Crippen LogP contribution in [0.25, 0.3) is 6.08 Å². The van der Waals surface area contributed by atoms with Crippen molar-refractivity contribution in [2.24, 2.45) is 7.05 Å². The van der Waals surface area contributed by atoms with E-state index in [-0.39, 0.29) is 16.0 Å². The highest BCUT2D eigenvalue weighted by Gasteiger charge is 2.38. The molecule has 2 aromatic rings. The van der Waals surface area contributed by atoms with Gasteiger partial charge in [0.1, 0.15) is 5.03 Å². The van der Waals surface area contributed by atoms with Gasteiger partial charge in [0.25, 0.3) is 0 Å². The number of aromatic nitrogens is 2. The number of aryl methyl sites for hydroxylation is 1. The molecule has 1 aromatic heterocycles. The summed E-state index contributed by atoms with van der Waals surface area (Å²) in [5.74, 6) is -0.879. The van der Waals surface area contributed by atoms with Gasteiger partial charge in [-0.3, -0.25) is 4.68 Å². The molecule has 0 atom stereocenters. The molecule has 1 heterocycles. The molecule has 0 bridgehead atoms. The Bertz CT molecular complexity index is 848. The molecule has 0 unspecified atom stereocenters. The molecule has 8 heteroatoms. The molecule has 0 fully saturated rings. The van der Waals surface area contributed by atoms with Gasteiger partial charge in [-0.05, 0) is 22.6 Å². The van der Waals surface area contributed by atoms with Crippen LogP contribution < -0.4 is 0 Å². The lowest BCUT2D eigenvalue weighted by atomic mass is 9.87. The van der Waals surface area contributed by atoms with Crippen LogP contribution in [0, 0.1) is 0 Å². The summed E-state index contributed by atoms with van der Waals surface area (Å²) in [7, 11) is 1.42. The zero-order valence-corrected chi connectivity index (χ0v) is 16.3. The maximum Gasteiger partial charge on any atom is 0.435 e. The average Bonchev–Trinajstić information content (AvgIpc) is 2.86. The van der Waals surface area contributed by atoms with E-state index in [2.05, 4.69) is 25.9 Å². The fourth-order valence-corrected chi connectivity index (χ4v) is 3.51. The average molecular weight is 398 g/mol. The summed E-state index contributed by atoms with van der Waals surface area (Å²) in [6.07, 6.45) is -3.03. The Hall–Kier alpha value is -2.22. The Kier molecular flexibility index (Phi) is 6.09. The predicted molar refractivity (Wildman–Crippen MR) is 99.6 cm³/mol. The van der Waals surface area contributed by atoms with E-state index in [1.165, 1.54) is 24.4 Å². The van der Waals surface area contributed by atoms with Crippen molar-refractivity contribution in [3.63, 3.8) is 0 Å². The number of hydrogen-bond acceptors (Lipinski definition) is 3. The number of carboxylic acid groups (broad SMARTS) is 1. The Morgan fingerprint density at radius 1 is 1.22 bits per heavy atom. The number of nitrogens with zero attached hydrogens (tertiary/aromatic N) is 2. The van der Waals surface area contributed by atoms with Gasteiger partial charge in [0, 0.05) is 24.4 Å². The maximum atomic E-state index is 13.2. The third-order valence-corrected chi connectivity index (χ3v) is 5.12. The molecule has 0 saturated carbocycles. The van der Waals surface area contributed by atoms with E-state index in [0.717, 1.165) is 16.3 Å². The molecule has 1 aromatic carbocycles. The van der Waals surface area contributed by atoms with E-state index >= 15 is 0 Å². The summed E-state index contributed by atoms with van der Waals surface area (Å²) in [4.78, 5) is 10.7. The normalized spacial score (nSPS) is 12.7. The first-order valence-corrected chi connectivity index (χ1v) is 9.15. The van der Waals surface area contributed by atoms with Gasteiger partial charge in [0.05, 0.1) is 0 Å². The molecule has 2 rings (SSSR count). The molecule has 0 aliphatic rings. The summed E-state index contributed by atoms with van der Waals surface area (Å²) < 4.78 is 40.8. The Morgan fingerprint density at radius 2 is 1.81 bits per heavy atom. The number of hydrogen-bond donors (Lipinski definition) is 1. The fourth-order valence-electron chi connectivity index (χ4n) is 2.46. The van der Waals surface area contributed by atoms with Gasteiger partial charge in [-0.15, -0.1) is 11.8 Å². The van der Waals surface area contributed by atoms with Gasteiger partial charge in [0.2, 0.25) is 0 Å². The summed E-state index contributed by atoms with van der Waals surface area (Å²) in [6, 6.07) is 7.90. The topological polar surface area (TPSA) is 55.1 Å². The Morgan fingerprint density at radius 3 is 2.30 bits per heavy atom. The summed E-state index contributed by atoms with van der Waals surface area (Å²) in [5.41, 5.74) is 0.818. The zero-order valence-electron chi connectivity index (χ0n) is 15.5. The lowest BCUT2D eigenvalue weighted by Crippen LogP contribution is -2.10. The van der Waals surface area contributed by atoms with E-state index in [1.807, 2.05) is 24.3 Å². The molecule has 4 nitrogen and oxygen atoms in total. The minimum atomic E-state index is -4.66. The highest BCUT2D eigenvalue weighted by Crippen LogP contribution is 2.37. The van der Waals surface area contributed by atoms with Crippen molar-refractivity contribution in [3.05, 3.63) is 52.7 Å². The first-order valence-electron chi connectivity index (χ1n) is 8.17. The quantitative estimate of drug-likeness (QED) is 0.561. The fraction of sp³-hybridized carbons (Fsp3) is 0.368. The van der Waals surface area contributed by atoms with Crippen LogP contribution in [-0.4, -0.2) is 20.9 Å². The van der Waals surface area contributed by atoms with Crippen LogP contribution in [0.3, 0.4) is 0 Å². The number of thioether (sulfide) groups is 1. The van der Waals surface area contributed by atoms with Gasteiger partial charge in [0.15, 0.2) is 5.69 Å². The van der Waals surface area contributed by atoms with Gasteiger partial charge in [-0.2, -0.15) is 18.3 Å². The van der Waals surface area contributed by atoms with Gasteiger partial charge in [-0.25, -0.2) is 4.79 Å². The van der Waals surface area contributed by atoms with Gasteiger partial charge in [-0.1, -0.05) is 45.0 Å². The zero-order chi connectivity index (χ0) is 20.4. The van der Waals surface area contributed by atoms with Crippen molar-refractivity contribution in [1.29, 1.82) is 0 Å². The van der Waals surface area contributed by atoms with Crippen molar-refractivity contribution < 1.29 is 23.1 Å². The number of carboxylic acids is 1. The monoisotopic (exact) mass is 398 g/mol. The second kappa shape index (κ2) is 7.80. The molecule has 0 aliphatic carbocycles. The van der Waals surface area contributed by atoms with E-state index < -0.39 is 17.8 Å². The maximum absolute atomic E-state index is 13.2. The number of rotatable bonds is 5. The van der Waals surface area contributed by atoms with E-state index in [0.29, 0.717) is 11.8 Å². The van der Waals surface area contributed by atoms with Crippen LogP contribution in [0.1, 0.15) is 43.2 Å². The van der Waals surface area contributed by atoms with Crippen LogP contribution >= 0.6 is 11.8 Å². The van der Waals surface area contributed by atoms with E-state index in [1.54, 1.807) is 0 Å². The molecule has 0 aliphatic heterocycles. The second-order valence-electron chi connectivity index (χ2n) is 7.10. The van der Waals surface area contributed by atoms with Crippen molar-refractivity contribution in [3.8, 4) is 0 Å². The first-order chi connectivity index (χ1) is 12.4. The molecule has 146 valence electrons. The van der Waals surface area contributed by atoms with Crippen LogP contribution in [0.5, 0.6) is 0 Å².